The molecule has 1 unspecified atom stereocenters. The molecule has 2 saturated heterocycles. The Kier molecular flexibility index (Phi) is 4.64. The second-order valence-corrected chi connectivity index (χ2v) is 7.44. The molecule has 5 heteroatoms. The minimum absolute atomic E-state index is 0.172. The average molecular weight is 341 g/mol. The Morgan fingerprint density at radius 2 is 1.60 bits per heavy atom. The van der Waals surface area contributed by atoms with Crippen molar-refractivity contribution >= 4 is 17.5 Å². The molecule has 2 heterocycles. The van der Waals surface area contributed by atoms with Gasteiger partial charge in [0.05, 0.1) is 0 Å². The first-order chi connectivity index (χ1) is 12.2. The van der Waals surface area contributed by atoms with E-state index in [4.69, 9.17) is 0 Å². The molecule has 1 aromatic carbocycles. The van der Waals surface area contributed by atoms with Gasteiger partial charge >= 0.3 is 0 Å². The zero-order valence-electron chi connectivity index (χ0n) is 14.8. The lowest BCUT2D eigenvalue weighted by Crippen LogP contribution is -2.55. The normalized spacial score (nSPS) is 25.0. The summed E-state index contributed by atoms with van der Waals surface area (Å²) < 4.78 is 0. The summed E-state index contributed by atoms with van der Waals surface area (Å²) in [4.78, 5) is 31.7. The Hall–Kier alpha value is -2.04. The third-order valence-electron chi connectivity index (χ3n) is 5.97. The number of rotatable bonds is 3. The highest BCUT2D eigenvalue weighted by molar-refractivity contribution is 5.91. The quantitative estimate of drug-likeness (QED) is 0.847. The number of carbonyl (C=O) groups is 2. The van der Waals surface area contributed by atoms with E-state index in [2.05, 4.69) is 29.2 Å². The van der Waals surface area contributed by atoms with Crippen molar-refractivity contribution in [2.75, 3.05) is 31.1 Å². The fourth-order valence-corrected chi connectivity index (χ4v) is 4.62. The van der Waals surface area contributed by atoms with Gasteiger partial charge in [0.25, 0.3) is 0 Å². The zero-order chi connectivity index (χ0) is 17.2. The van der Waals surface area contributed by atoms with Gasteiger partial charge in [-0.1, -0.05) is 31.0 Å². The van der Waals surface area contributed by atoms with Crippen LogP contribution in [0.5, 0.6) is 0 Å². The summed E-state index contributed by atoms with van der Waals surface area (Å²) in [5.41, 5.74) is 1.22. The number of nitrogens with zero attached hydrogens (tertiary/aromatic N) is 3. The summed E-state index contributed by atoms with van der Waals surface area (Å²) >= 11 is 0. The summed E-state index contributed by atoms with van der Waals surface area (Å²) in [6.45, 7) is 3.22. The average Bonchev–Trinajstić information content (AvgIpc) is 3.31. The van der Waals surface area contributed by atoms with Crippen molar-refractivity contribution in [1.82, 2.24) is 9.80 Å². The summed E-state index contributed by atoms with van der Waals surface area (Å²) in [7, 11) is 0. The van der Waals surface area contributed by atoms with Crippen LogP contribution >= 0.6 is 0 Å². The first-order valence-corrected chi connectivity index (χ1v) is 9.64. The zero-order valence-corrected chi connectivity index (χ0v) is 14.8. The molecular formula is C20H27N3O2. The smallest absolute Gasteiger partial charge is 0.245 e. The van der Waals surface area contributed by atoms with Crippen LogP contribution in [-0.4, -0.2) is 59.9 Å². The maximum absolute atomic E-state index is 13.1. The van der Waals surface area contributed by atoms with Gasteiger partial charge in [-0.2, -0.15) is 0 Å². The molecule has 0 N–H and O–H groups in total. The van der Waals surface area contributed by atoms with Gasteiger partial charge in [-0.25, -0.2) is 0 Å². The predicted octanol–water partition coefficient (Wildman–Crippen LogP) is 2.27. The molecule has 25 heavy (non-hydrogen) atoms. The van der Waals surface area contributed by atoms with Crippen LogP contribution in [0.1, 0.15) is 38.5 Å². The highest BCUT2D eigenvalue weighted by Gasteiger charge is 2.42. The Labute approximate surface area is 149 Å². The number of carbonyl (C=O) groups excluding carboxylic acids is 2. The molecule has 3 fully saturated rings. The predicted molar refractivity (Wildman–Crippen MR) is 97.4 cm³/mol. The van der Waals surface area contributed by atoms with E-state index in [0.29, 0.717) is 18.9 Å². The minimum Gasteiger partial charge on any atom is -0.368 e. The number of amides is 2. The van der Waals surface area contributed by atoms with Gasteiger partial charge in [0, 0.05) is 44.3 Å². The molecule has 1 atom stereocenters. The molecule has 0 aromatic heterocycles. The van der Waals surface area contributed by atoms with Crippen molar-refractivity contribution in [2.24, 2.45) is 0 Å². The van der Waals surface area contributed by atoms with Crippen LogP contribution in [0.2, 0.25) is 0 Å². The van der Waals surface area contributed by atoms with E-state index in [0.717, 1.165) is 39.0 Å². The Balaban J connectivity index is 1.39. The van der Waals surface area contributed by atoms with Crippen molar-refractivity contribution in [1.29, 1.82) is 0 Å². The van der Waals surface area contributed by atoms with Crippen LogP contribution in [0.4, 0.5) is 5.69 Å². The van der Waals surface area contributed by atoms with Crippen molar-refractivity contribution < 1.29 is 9.59 Å². The van der Waals surface area contributed by atoms with Gasteiger partial charge in [0.1, 0.15) is 6.04 Å². The molecule has 5 nitrogen and oxygen atoms in total. The van der Waals surface area contributed by atoms with Crippen LogP contribution in [0.25, 0.3) is 0 Å². The van der Waals surface area contributed by atoms with E-state index in [9.17, 15) is 9.59 Å². The molecule has 3 aliphatic rings. The second-order valence-electron chi connectivity index (χ2n) is 7.44. The van der Waals surface area contributed by atoms with E-state index in [1.165, 1.54) is 18.5 Å². The molecule has 2 amide bonds. The van der Waals surface area contributed by atoms with Crippen molar-refractivity contribution in [3.05, 3.63) is 30.3 Å². The number of hydrogen-bond acceptors (Lipinski definition) is 3. The van der Waals surface area contributed by atoms with Gasteiger partial charge in [-0.05, 0) is 31.4 Å². The van der Waals surface area contributed by atoms with Crippen LogP contribution in [0.3, 0.4) is 0 Å². The van der Waals surface area contributed by atoms with E-state index in [1.54, 1.807) is 0 Å². The fraction of sp³-hybridized carbons (Fsp3) is 0.600. The van der Waals surface area contributed by atoms with Gasteiger partial charge in [-0.15, -0.1) is 0 Å². The largest absolute Gasteiger partial charge is 0.368 e. The lowest BCUT2D eigenvalue weighted by molar-refractivity contribution is -0.143. The lowest BCUT2D eigenvalue weighted by atomic mass is 10.1. The third-order valence-corrected chi connectivity index (χ3v) is 5.97. The molecule has 0 radical (unpaired) electrons. The number of benzene rings is 1. The first-order valence-electron chi connectivity index (χ1n) is 9.64. The van der Waals surface area contributed by atoms with E-state index < -0.39 is 0 Å². The van der Waals surface area contributed by atoms with Gasteiger partial charge < -0.3 is 14.7 Å². The number of anilines is 1. The van der Waals surface area contributed by atoms with Crippen molar-refractivity contribution in [3.8, 4) is 0 Å². The van der Waals surface area contributed by atoms with Crippen LogP contribution < -0.4 is 4.90 Å². The third kappa shape index (κ3) is 3.24. The SMILES string of the molecule is O=C(C1CCC(=O)N1C1CCCC1)N1CCN(c2ccccc2)CC1. The number of likely N-dealkylation sites (tertiary alicyclic amines) is 1. The van der Waals surface area contributed by atoms with E-state index >= 15 is 0 Å². The van der Waals surface area contributed by atoms with Crippen molar-refractivity contribution in [3.63, 3.8) is 0 Å². The lowest BCUT2D eigenvalue weighted by Gasteiger charge is -2.39. The summed E-state index contributed by atoms with van der Waals surface area (Å²) in [6.07, 6.45) is 5.74. The minimum atomic E-state index is -0.209. The maximum Gasteiger partial charge on any atom is 0.245 e. The number of para-hydroxylation sites is 1. The second kappa shape index (κ2) is 7.06. The monoisotopic (exact) mass is 341 g/mol. The Morgan fingerprint density at radius 1 is 0.920 bits per heavy atom. The molecule has 1 saturated carbocycles. The molecule has 0 bridgehead atoms. The number of hydrogen-bond donors (Lipinski definition) is 0. The topological polar surface area (TPSA) is 43.9 Å². The van der Waals surface area contributed by atoms with Crippen LogP contribution in [-0.2, 0) is 9.59 Å². The first kappa shape index (κ1) is 16.4. The highest BCUT2D eigenvalue weighted by Crippen LogP contribution is 2.32. The molecule has 2 aliphatic heterocycles. The fourth-order valence-electron chi connectivity index (χ4n) is 4.62. The van der Waals surface area contributed by atoms with Crippen LogP contribution in [0, 0.1) is 0 Å². The Bertz CT molecular complexity index is 619. The van der Waals surface area contributed by atoms with Crippen molar-refractivity contribution in [2.45, 2.75) is 50.6 Å². The molecule has 1 aliphatic carbocycles. The molecule has 1 aromatic rings. The van der Waals surface area contributed by atoms with Gasteiger partial charge in [-0.3, -0.25) is 9.59 Å². The summed E-state index contributed by atoms with van der Waals surface area (Å²) in [5, 5.41) is 0. The summed E-state index contributed by atoms with van der Waals surface area (Å²) in [6, 6.07) is 10.5. The molecule has 0 spiro atoms. The van der Waals surface area contributed by atoms with Crippen LogP contribution in [0.15, 0.2) is 30.3 Å². The van der Waals surface area contributed by atoms with Gasteiger partial charge in [0.15, 0.2) is 0 Å². The highest BCUT2D eigenvalue weighted by atomic mass is 16.2. The molecular weight excluding hydrogens is 314 g/mol. The maximum atomic E-state index is 13.1. The molecule has 134 valence electrons. The summed E-state index contributed by atoms with van der Waals surface area (Å²) in [5.74, 6) is 0.360. The van der Waals surface area contributed by atoms with E-state index in [1.807, 2.05) is 15.9 Å². The van der Waals surface area contributed by atoms with Gasteiger partial charge in [0.2, 0.25) is 11.8 Å². The number of piperazine rings is 1. The standard InChI is InChI=1S/C20H27N3O2/c24-19-11-10-18(23(19)17-8-4-5-9-17)20(25)22-14-12-21(13-15-22)16-6-2-1-3-7-16/h1-3,6-7,17-18H,4-5,8-15H2. The molecule has 4 rings (SSSR count). The Morgan fingerprint density at radius 3 is 2.28 bits per heavy atom. The van der Waals surface area contributed by atoms with E-state index in [-0.39, 0.29) is 17.9 Å².